The molecule has 1 atom stereocenters. The lowest BCUT2D eigenvalue weighted by Gasteiger charge is -2.31. The van der Waals surface area contributed by atoms with Crippen molar-refractivity contribution >= 4 is 11.6 Å². The molecule has 136 valence electrons. The van der Waals surface area contributed by atoms with E-state index in [0.717, 1.165) is 30.0 Å². The van der Waals surface area contributed by atoms with Gasteiger partial charge in [-0.3, -0.25) is 0 Å². The van der Waals surface area contributed by atoms with Gasteiger partial charge in [0.05, 0.1) is 25.1 Å². The molecule has 3 nitrogen and oxygen atoms in total. The highest BCUT2D eigenvalue weighted by molar-refractivity contribution is 6.31. The summed E-state index contributed by atoms with van der Waals surface area (Å²) in [5.74, 6) is 0. The monoisotopic (exact) mass is 368 g/mol. The maximum atomic E-state index is 6.38. The Morgan fingerprint density at radius 3 is 2.58 bits per heavy atom. The van der Waals surface area contributed by atoms with Gasteiger partial charge in [-0.1, -0.05) is 59.6 Å². The third-order valence-electron chi connectivity index (χ3n) is 4.67. The maximum Gasteiger partial charge on any atom is 0.0946 e. The van der Waals surface area contributed by atoms with Crippen LogP contribution in [0.2, 0.25) is 5.02 Å². The summed E-state index contributed by atoms with van der Waals surface area (Å²) in [6, 6.07) is 16.6. The van der Waals surface area contributed by atoms with E-state index in [4.69, 9.17) is 16.3 Å². The summed E-state index contributed by atoms with van der Waals surface area (Å²) in [6.07, 6.45) is 7.49. The van der Waals surface area contributed by atoms with Crippen LogP contribution in [0.4, 0.5) is 0 Å². The topological polar surface area (TPSA) is 27.1 Å². The fourth-order valence-electron chi connectivity index (χ4n) is 2.99. The van der Waals surface area contributed by atoms with Gasteiger partial charge in [-0.15, -0.1) is 0 Å². The molecule has 0 aliphatic rings. The molecule has 0 saturated heterocycles. The van der Waals surface area contributed by atoms with Crippen LogP contribution < -0.4 is 0 Å². The molecule has 0 aliphatic carbocycles. The summed E-state index contributed by atoms with van der Waals surface area (Å²) in [5.41, 5.74) is 3.31. The van der Waals surface area contributed by atoms with Crippen molar-refractivity contribution in [3.63, 3.8) is 0 Å². The lowest BCUT2D eigenvalue weighted by molar-refractivity contribution is -0.0602. The van der Waals surface area contributed by atoms with Crippen molar-refractivity contribution in [2.24, 2.45) is 0 Å². The van der Waals surface area contributed by atoms with E-state index in [9.17, 15) is 0 Å². The van der Waals surface area contributed by atoms with Crippen LogP contribution in [0.15, 0.2) is 67.3 Å². The van der Waals surface area contributed by atoms with E-state index >= 15 is 0 Å². The highest BCUT2D eigenvalue weighted by Gasteiger charge is 2.26. The van der Waals surface area contributed by atoms with Crippen molar-refractivity contribution in [3.05, 3.63) is 89.0 Å². The Morgan fingerprint density at radius 1 is 1.12 bits per heavy atom. The molecule has 2 aromatic carbocycles. The molecule has 0 radical (unpaired) electrons. The lowest BCUT2D eigenvalue weighted by atomic mass is 9.95. The number of hydrogen-bond acceptors (Lipinski definition) is 2. The van der Waals surface area contributed by atoms with Crippen LogP contribution in [0.3, 0.4) is 0 Å². The molecular formula is C22H25ClN2O. The second-order valence-corrected chi connectivity index (χ2v) is 7.46. The minimum atomic E-state index is -0.315. The fraction of sp³-hybridized carbons (Fsp3) is 0.318. The molecule has 26 heavy (non-hydrogen) atoms. The molecule has 0 amide bonds. The molecule has 3 aromatic rings. The zero-order valence-electron chi connectivity index (χ0n) is 15.4. The third kappa shape index (κ3) is 5.20. The number of halogens is 1. The molecule has 1 unspecified atom stereocenters. The first-order chi connectivity index (χ1) is 12.5. The van der Waals surface area contributed by atoms with E-state index in [2.05, 4.69) is 47.7 Å². The van der Waals surface area contributed by atoms with Crippen LogP contribution in [-0.2, 0) is 24.3 Å². The number of hydrogen-bond donors (Lipinski definition) is 0. The SMILES string of the molecule is Cc1ccc(CCC(C)(Cn2ccnc2)OCc2ccccc2Cl)cc1. The van der Waals surface area contributed by atoms with Crippen molar-refractivity contribution in [1.29, 1.82) is 0 Å². The van der Waals surface area contributed by atoms with Gasteiger partial charge >= 0.3 is 0 Å². The van der Waals surface area contributed by atoms with Crippen molar-refractivity contribution in [3.8, 4) is 0 Å². The standard InChI is InChI=1S/C22H25ClN2O/c1-18-7-9-19(10-8-18)11-12-22(2,16-25-14-13-24-17-25)26-15-20-5-3-4-6-21(20)23/h3-10,13-14,17H,11-12,15-16H2,1-2H3. The molecule has 0 saturated carbocycles. The van der Waals surface area contributed by atoms with Gasteiger partial charge in [-0.2, -0.15) is 0 Å². The zero-order chi connectivity index (χ0) is 18.4. The first-order valence-electron chi connectivity index (χ1n) is 8.93. The average Bonchev–Trinajstić information content (AvgIpc) is 3.13. The van der Waals surface area contributed by atoms with Crippen LogP contribution in [-0.4, -0.2) is 15.2 Å². The van der Waals surface area contributed by atoms with E-state index in [1.807, 2.05) is 36.8 Å². The van der Waals surface area contributed by atoms with Gasteiger partial charge < -0.3 is 9.30 Å². The molecule has 0 aliphatic heterocycles. The van der Waals surface area contributed by atoms with Gasteiger partial charge in [0.15, 0.2) is 0 Å². The number of aryl methyl sites for hydroxylation is 2. The summed E-state index contributed by atoms with van der Waals surface area (Å²) >= 11 is 6.29. The van der Waals surface area contributed by atoms with Crippen molar-refractivity contribution in [2.45, 2.75) is 45.4 Å². The summed E-state index contributed by atoms with van der Waals surface area (Å²) in [4.78, 5) is 4.15. The van der Waals surface area contributed by atoms with E-state index in [0.29, 0.717) is 6.61 Å². The third-order valence-corrected chi connectivity index (χ3v) is 5.04. The van der Waals surface area contributed by atoms with Gasteiger partial charge in [0.1, 0.15) is 0 Å². The van der Waals surface area contributed by atoms with E-state index in [1.54, 1.807) is 6.20 Å². The normalized spacial score (nSPS) is 13.5. The van der Waals surface area contributed by atoms with Crippen molar-refractivity contribution < 1.29 is 4.74 Å². The predicted molar refractivity (Wildman–Crippen MR) is 106 cm³/mol. The molecule has 4 heteroatoms. The second kappa shape index (κ2) is 8.52. The largest absolute Gasteiger partial charge is 0.369 e. The van der Waals surface area contributed by atoms with E-state index < -0.39 is 0 Å². The quantitative estimate of drug-likeness (QED) is 0.528. The Hall–Kier alpha value is -2.10. The van der Waals surface area contributed by atoms with E-state index in [-0.39, 0.29) is 5.60 Å². The lowest BCUT2D eigenvalue weighted by Crippen LogP contribution is -2.34. The van der Waals surface area contributed by atoms with Gasteiger partial charge in [-0.05, 0) is 43.9 Å². The number of rotatable bonds is 8. The first kappa shape index (κ1) is 18.7. The van der Waals surface area contributed by atoms with Gasteiger partial charge in [0.25, 0.3) is 0 Å². The second-order valence-electron chi connectivity index (χ2n) is 7.05. The van der Waals surface area contributed by atoms with Crippen LogP contribution in [0.1, 0.15) is 30.0 Å². The van der Waals surface area contributed by atoms with Crippen molar-refractivity contribution in [2.75, 3.05) is 0 Å². The van der Waals surface area contributed by atoms with Crippen LogP contribution >= 0.6 is 11.6 Å². The minimum Gasteiger partial charge on any atom is -0.369 e. The van der Waals surface area contributed by atoms with Crippen molar-refractivity contribution in [1.82, 2.24) is 9.55 Å². The average molecular weight is 369 g/mol. The van der Waals surface area contributed by atoms with E-state index in [1.165, 1.54) is 11.1 Å². The summed E-state index contributed by atoms with van der Waals surface area (Å²) in [6.45, 7) is 5.53. The predicted octanol–water partition coefficient (Wildman–Crippen LogP) is 5.45. The highest BCUT2D eigenvalue weighted by atomic mass is 35.5. The Bertz CT molecular complexity index is 814. The summed E-state index contributed by atoms with van der Waals surface area (Å²) in [5, 5.41) is 0.746. The number of ether oxygens (including phenoxy) is 1. The molecule has 0 bridgehead atoms. The smallest absolute Gasteiger partial charge is 0.0946 e. The molecule has 1 heterocycles. The molecular weight excluding hydrogens is 344 g/mol. The highest BCUT2D eigenvalue weighted by Crippen LogP contribution is 2.25. The number of imidazole rings is 1. The molecule has 0 spiro atoms. The summed E-state index contributed by atoms with van der Waals surface area (Å²) < 4.78 is 8.45. The van der Waals surface area contributed by atoms with Crippen LogP contribution in [0.5, 0.6) is 0 Å². The van der Waals surface area contributed by atoms with Gasteiger partial charge in [0.2, 0.25) is 0 Å². The number of benzene rings is 2. The van der Waals surface area contributed by atoms with Gasteiger partial charge in [0, 0.05) is 17.4 Å². The number of aromatic nitrogens is 2. The maximum absolute atomic E-state index is 6.38. The zero-order valence-corrected chi connectivity index (χ0v) is 16.1. The molecule has 0 fully saturated rings. The Morgan fingerprint density at radius 2 is 1.88 bits per heavy atom. The van der Waals surface area contributed by atoms with Gasteiger partial charge in [-0.25, -0.2) is 4.98 Å². The minimum absolute atomic E-state index is 0.315. The first-order valence-corrected chi connectivity index (χ1v) is 9.31. The van der Waals surface area contributed by atoms with Crippen LogP contribution in [0.25, 0.3) is 0 Å². The molecule has 0 N–H and O–H groups in total. The van der Waals surface area contributed by atoms with Crippen LogP contribution in [0, 0.1) is 6.92 Å². The Balaban J connectivity index is 1.70. The molecule has 3 rings (SSSR count). The Kier molecular flexibility index (Phi) is 6.12. The summed E-state index contributed by atoms with van der Waals surface area (Å²) in [7, 11) is 0. The molecule has 1 aromatic heterocycles. The Labute approximate surface area is 160 Å². The fourth-order valence-corrected chi connectivity index (χ4v) is 3.18. The number of nitrogens with zero attached hydrogens (tertiary/aromatic N) is 2.